The maximum Gasteiger partial charge on any atom is 0.226 e. The number of hydrogen-bond donors (Lipinski definition) is 1. The molecule has 0 saturated carbocycles. The predicted octanol–water partition coefficient (Wildman–Crippen LogP) is 2.30. The summed E-state index contributed by atoms with van der Waals surface area (Å²) in [4.78, 5) is 13.7. The van der Waals surface area contributed by atoms with Crippen LogP contribution in [0.25, 0.3) is 0 Å². The van der Waals surface area contributed by atoms with Crippen LogP contribution in [0.5, 0.6) is 5.75 Å². The number of β-amino-alcohol motifs (C(OH)–C–C–N with tert-alkyl or cyclic N) is 1. The van der Waals surface area contributed by atoms with E-state index in [0.29, 0.717) is 26.1 Å². The highest BCUT2D eigenvalue weighted by molar-refractivity contribution is 5.77. The van der Waals surface area contributed by atoms with Crippen LogP contribution in [-0.2, 0) is 4.79 Å². The molecule has 1 aromatic carbocycles. The first-order valence-electron chi connectivity index (χ1n) is 7.52. The molecule has 0 bridgehead atoms. The maximum atomic E-state index is 12.0. The van der Waals surface area contributed by atoms with Crippen LogP contribution in [-0.4, -0.2) is 41.2 Å². The van der Waals surface area contributed by atoms with Crippen molar-refractivity contribution in [2.45, 2.75) is 39.7 Å². The van der Waals surface area contributed by atoms with Gasteiger partial charge in [0.1, 0.15) is 11.4 Å². The Bertz CT molecular complexity index is 519. The largest absolute Gasteiger partial charge is 0.493 e. The van der Waals surface area contributed by atoms with Crippen LogP contribution in [0.1, 0.15) is 31.4 Å². The van der Waals surface area contributed by atoms with Gasteiger partial charge in [0.2, 0.25) is 5.91 Å². The van der Waals surface area contributed by atoms with Crippen molar-refractivity contribution in [1.29, 1.82) is 0 Å². The second-order valence-electron chi connectivity index (χ2n) is 6.30. The van der Waals surface area contributed by atoms with E-state index in [1.807, 2.05) is 45.9 Å². The molecular formula is C17H25NO3. The molecule has 1 fully saturated rings. The van der Waals surface area contributed by atoms with Gasteiger partial charge in [-0.3, -0.25) is 4.79 Å². The summed E-state index contributed by atoms with van der Waals surface area (Å²) in [6, 6.07) is 5.92. The normalized spacial score (nSPS) is 16.8. The van der Waals surface area contributed by atoms with E-state index in [4.69, 9.17) is 4.74 Å². The first-order chi connectivity index (χ1) is 9.83. The molecule has 1 aliphatic rings. The second-order valence-corrected chi connectivity index (χ2v) is 6.30. The molecule has 0 spiro atoms. The summed E-state index contributed by atoms with van der Waals surface area (Å²) >= 11 is 0. The lowest BCUT2D eigenvalue weighted by Gasteiger charge is -2.49. The molecule has 1 amide bonds. The zero-order chi connectivity index (χ0) is 15.6. The Kier molecular flexibility index (Phi) is 4.57. The molecule has 1 aliphatic heterocycles. The van der Waals surface area contributed by atoms with Crippen molar-refractivity contribution in [3.05, 3.63) is 29.3 Å². The van der Waals surface area contributed by atoms with Crippen molar-refractivity contribution in [2.24, 2.45) is 5.92 Å². The lowest BCUT2D eigenvalue weighted by atomic mass is 9.83. The van der Waals surface area contributed by atoms with Crippen molar-refractivity contribution < 1.29 is 14.6 Å². The van der Waals surface area contributed by atoms with E-state index < -0.39 is 5.60 Å². The Morgan fingerprint density at radius 1 is 1.38 bits per heavy atom. The van der Waals surface area contributed by atoms with Gasteiger partial charge in [-0.05, 0) is 37.0 Å². The monoisotopic (exact) mass is 291 g/mol. The van der Waals surface area contributed by atoms with Crippen LogP contribution in [0, 0.1) is 19.8 Å². The smallest absolute Gasteiger partial charge is 0.226 e. The number of carbonyl (C=O) groups is 1. The van der Waals surface area contributed by atoms with Gasteiger partial charge < -0.3 is 14.7 Å². The summed E-state index contributed by atoms with van der Waals surface area (Å²) in [5.41, 5.74) is 1.59. The highest BCUT2D eigenvalue weighted by Crippen LogP contribution is 2.29. The number of aryl methyl sites for hydroxylation is 1. The van der Waals surface area contributed by atoms with Crippen LogP contribution < -0.4 is 4.74 Å². The molecule has 1 N–H and O–H groups in total. The van der Waals surface area contributed by atoms with Crippen molar-refractivity contribution in [2.75, 3.05) is 19.7 Å². The van der Waals surface area contributed by atoms with E-state index in [9.17, 15) is 9.90 Å². The lowest BCUT2D eigenvalue weighted by Crippen LogP contribution is -2.66. The Hall–Kier alpha value is -1.55. The Morgan fingerprint density at radius 2 is 2.05 bits per heavy atom. The molecule has 116 valence electrons. The number of nitrogens with zero attached hydrogens (tertiary/aromatic N) is 1. The van der Waals surface area contributed by atoms with Crippen LogP contribution in [0.2, 0.25) is 0 Å². The SMILES string of the molecule is Cc1cccc(OCCC(=O)N2CC(O)(C(C)C)C2)c1C. The first kappa shape index (κ1) is 15.8. The van der Waals surface area contributed by atoms with E-state index in [1.165, 1.54) is 5.56 Å². The minimum atomic E-state index is -0.705. The van der Waals surface area contributed by atoms with Crippen molar-refractivity contribution in [1.82, 2.24) is 4.90 Å². The Morgan fingerprint density at radius 3 is 2.67 bits per heavy atom. The van der Waals surface area contributed by atoms with Crippen LogP contribution in [0.3, 0.4) is 0 Å². The number of carbonyl (C=O) groups excluding carboxylic acids is 1. The number of ether oxygens (including phenoxy) is 1. The zero-order valence-electron chi connectivity index (χ0n) is 13.3. The Balaban J connectivity index is 1.77. The molecule has 0 atom stereocenters. The minimum absolute atomic E-state index is 0.0469. The quantitative estimate of drug-likeness (QED) is 0.905. The molecule has 4 nitrogen and oxygen atoms in total. The predicted molar refractivity (Wildman–Crippen MR) is 82.4 cm³/mol. The average Bonchev–Trinajstić information content (AvgIpc) is 2.39. The minimum Gasteiger partial charge on any atom is -0.493 e. The van der Waals surface area contributed by atoms with Gasteiger partial charge in [0, 0.05) is 0 Å². The number of likely N-dealkylation sites (tertiary alicyclic amines) is 1. The molecule has 4 heteroatoms. The fraction of sp³-hybridized carbons (Fsp3) is 0.588. The lowest BCUT2D eigenvalue weighted by molar-refractivity contribution is -0.164. The van der Waals surface area contributed by atoms with Gasteiger partial charge in [-0.2, -0.15) is 0 Å². The summed E-state index contributed by atoms with van der Waals surface area (Å²) in [5, 5.41) is 10.2. The molecule has 1 aromatic rings. The highest BCUT2D eigenvalue weighted by atomic mass is 16.5. The third kappa shape index (κ3) is 3.38. The van der Waals surface area contributed by atoms with Gasteiger partial charge in [-0.25, -0.2) is 0 Å². The zero-order valence-corrected chi connectivity index (χ0v) is 13.3. The van der Waals surface area contributed by atoms with E-state index in [0.717, 1.165) is 11.3 Å². The van der Waals surface area contributed by atoms with Crippen molar-refractivity contribution in [3.8, 4) is 5.75 Å². The molecule has 0 unspecified atom stereocenters. The maximum absolute atomic E-state index is 12.0. The fourth-order valence-corrected chi connectivity index (χ4v) is 2.44. The number of aliphatic hydroxyl groups is 1. The molecule has 0 aliphatic carbocycles. The highest BCUT2D eigenvalue weighted by Gasteiger charge is 2.45. The second kappa shape index (κ2) is 6.06. The summed E-state index contributed by atoms with van der Waals surface area (Å²) < 4.78 is 5.70. The molecular weight excluding hydrogens is 266 g/mol. The van der Waals surface area contributed by atoms with Gasteiger partial charge in [0.05, 0.1) is 26.1 Å². The molecule has 0 radical (unpaired) electrons. The first-order valence-corrected chi connectivity index (χ1v) is 7.52. The molecule has 1 saturated heterocycles. The number of benzene rings is 1. The molecule has 21 heavy (non-hydrogen) atoms. The number of hydrogen-bond acceptors (Lipinski definition) is 3. The van der Waals surface area contributed by atoms with E-state index in [-0.39, 0.29) is 11.8 Å². The van der Waals surface area contributed by atoms with Gasteiger partial charge in [-0.1, -0.05) is 26.0 Å². The third-order valence-corrected chi connectivity index (χ3v) is 4.49. The van der Waals surface area contributed by atoms with Gasteiger partial charge >= 0.3 is 0 Å². The van der Waals surface area contributed by atoms with E-state index >= 15 is 0 Å². The molecule has 1 heterocycles. The van der Waals surface area contributed by atoms with Crippen LogP contribution in [0.15, 0.2) is 18.2 Å². The van der Waals surface area contributed by atoms with Crippen LogP contribution >= 0.6 is 0 Å². The fourth-order valence-electron chi connectivity index (χ4n) is 2.44. The van der Waals surface area contributed by atoms with Crippen LogP contribution in [0.4, 0.5) is 0 Å². The summed E-state index contributed by atoms with van der Waals surface area (Å²) in [5.74, 6) is 1.06. The summed E-state index contributed by atoms with van der Waals surface area (Å²) in [6.07, 6.45) is 0.349. The Labute approximate surface area is 126 Å². The van der Waals surface area contributed by atoms with E-state index in [1.54, 1.807) is 4.90 Å². The summed E-state index contributed by atoms with van der Waals surface area (Å²) in [7, 11) is 0. The third-order valence-electron chi connectivity index (χ3n) is 4.49. The molecule has 0 aromatic heterocycles. The van der Waals surface area contributed by atoms with Gasteiger partial charge in [0.15, 0.2) is 0 Å². The van der Waals surface area contributed by atoms with Gasteiger partial charge in [-0.15, -0.1) is 0 Å². The van der Waals surface area contributed by atoms with E-state index in [2.05, 4.69) is 0 Å². The number of rotatable bonds is 5. The van der Waals surface area contributed by atoms with Gasteiger partial charge in [0.25, 0.3) is 0 Å². The topological polar surface area (TPSA) is 49.8 Å². The van der Waals surface area contributed by atoms with Crippen molar-refractivity contribution >= 4 is 5.91 Å². The molecule has 2 rings (SSSR count). The standard InChI is InChI=1S/C17H25NO3/c1-12(2)17(20)10-18(11-17)16(19)8-9-21-15-7-5-6-13(3)14(15)4/h5-7,12,20H,8-11H2,1-4H3. The summed E-state index contributed by atoms with van der Waals surface area (Å²) in [6.45, 7) is 9.27. The number of amides is 1. The van der Waals surface area contributed by atoms with Crippen molar-refractivity contribution in [3.63, 3.8) is 0 Å². The average molecular weight is 291 g/mol.